The number of nitro groups is 1. The summed E-state index contributed by atoms with van der Waals surface area (Å²) in [7, 11) is 3.72. The Morgan fingerprint density at radius 1 is 1.13 bits per heavy atom. The van der Waals surface area contributed by atoms with Crippen molar-refractivity contribution < 1.29 is 23.7 Å². The van der Waals surface area contributed by atoms with Crippen LogP contribution in [0.2, 0.25) is 5.02 Å². The molecule has 0 radical (unpaired) electrons. The average Bonchev–Trinajstić information content (AvgIpc) is 3.45. The number of anilines is 2. The summed E-state index contributed by atoms with van der Waals surface area (Å²) in [5, 5.41) is 15.8. The quantitative estimate of drug-likeness (QED) is 0.0870. The number of hydrogen-bond donors (Lipinski definition) is 2. The van der Waals surface area contributed by atoms with E-state index in [-0.39, 0.29) is 43.3 Å². The van der Waals surface area contributed by atoms with Gasteiger partial charge in [-0.15, -0.1) is 0 Å². The van der Waals surface area contributed by atoms with Gasteiger partial charge in [-0.05, 0) is 58.5 Å². The monoisotopic (exact) mass is 656 g/mol. The van der Waals surface area contributed by atoms with E-state index in [1.54, 1.807) is 36.7 Å². The maximum atomic E-state index is 12.8. The molecule has 3 N–H and O–H groups in total. The summed E-state index contributed by atoms with van der Waals surface area (Å²) in [6, 6.07) is 12.6. The molecular formula is C32H31ClN9O5+. The Balaban J connectivity index is 1.21. The van der Waals surface area contributed by atoms with Gasteiger partial charge in [-0.1, -0.05) is 17.7 Å². The number of allylic oxidation sites excluding steroid dienone is 1. The van der Waals surface area contributed by atoms with E-state index in [9.17, 15) is 19.7 Å². The average molecular weight is 657 g/mol. The van der Waals surface area contributed by atoms with E-state index in [4.69, 9.17) is 22.1 Å². The molecule has 0 aliphatic carbocycles. The van der Waals surface area contributed by atoms with Gasteiger partial charge in [0.25, 0.3) is 5.91 Å². The Morgan fingerprint density at radius 2 is 1.96 bits per heavy atom. The van der Waals surface area contributed by atoms with Gasteiger partial charge in [0, 0.05) is 23.0 Å². The van der Waals surface area contributed by atoms with Crippen LogP contribution in [0.5, 0.6) is 5.75 Å². The molecule has 4 heterocycles. The number of nitrogens with one attached hydrogen (secondary N) is 1. The van der Waals surface area contributed by atoms with Crippen molar-refractivity contribution in [2.45, 2.75) is 19.4 Å². The molecule has 0 fully saturated rings. The van der Waals surface area contributed by atoms with Gasteiger partial charge in [-0.25, -0.2) is 9.97 Å². The van der Waals surface area contributed by atoms with E-state index in [0.29, 0.717) is 55.5 Å². The lowest BCUT2D eigenvalue weighted by atomic mass is 10.1. The van der Waals surface area contributed by atoms with Crippen LogP contribution in [0.25, 0.3) is 10.9 Å². The first-order chi connectivity index (χ1) is 22.5. The number of halogens is 1. The molecule has 0 atom stereocenters. The Kier molecular flexibility index (Phi) is 9.92. The number of aliphatic imine (C=N–C) groups is 1. The highest BCUT2D eigenvalue weighted by atomic mass is 35.5. The number of quaternary nitrogens is 1. The van der Waals surface area contributed by atoms with Gasteiger partial charge in [0.05, 0.1) is 61.5 Å². The molecule has 1 aliphatic heterocycles. The SMILES string of the molecule is C[N+](C)(C/C=C/C(=O)Cc1cc2c(Nc3ccc(OCc4ccccn4)c(Cl)c3)ncnc2cn1)CC1=C([N+](=O)[O-])N=C(C(N)=O)C1. The zero-order chi connectivity index (χ0) is 33.6. The molecule has 0 saturated carbocycles. The van der Waals surface area contributed by atoms with E-state index in [2.05, 4.69) is 30.2 Å². The van der Waals surface area contributed by atoms with Crippen LogP contribution in [-0.4, -0.2) is 73.9 Å². The van der Waals surface area contributed by atoms with Crippen LogP contribution in [0.15, 0.2) is 89.7 Å². The number of rotatable bonds is 14. The third kappa shape index (κ3) is 8.56. The number of aromatic nitrogens is 4. The van der Waals surface area contributed by atoms with Crippen LogP contribution in [0.3, 0.4) is 0 Å². The van der Waals surface area contributed by atoms with Gasteiger partial charge in [-0.2, -0.15) is 0 Å². The summed E-state index contributed by atoms with van der Waals surface area (Å²) in [4.78, 5) is 56.3. The Labute approximate surface area is 274 Å². The fourth-order valence-corrected chi connectivity index (χ4v) is 5.16. The zero-order valence-electron chi connectivity index (χ0n) is 25.6. The van der Waals surface area contributed by atoms with Gasteiger partial charge in [0.15, 0.2) is 5.78 Å². The summed E-state index contributed by atoms with van der Waals surface area (Å²) >= 11 is 6.49. The lowest BCUT2D eigenvalue weighted by Gasteiger charge is -2.28. The first-order valence-corrected chi connectivity index (χ1v) is 14.8. The number of amides is 1. The minimum atomic E-state index is -0.784. The molecule has 0 bridgehead atoms. The number of ketones is 1. The number of hydrogen-bond acceptors (Lipinski definition) is 11. The molecule has 1 amide bonds. The highest BCUT2D eigenvalue weighted by Gasteiger charge is 2.35. The van der Waals surface area contributed by atoms with Crippen molar-refractivity contribution in [3.8, 4) is 5.75 Å². The van der Waals surface area contributed by atoms with Gasteiger partial charge in [-0.3, -0.25) is 19.6 Å². The van der Waals surface area contributed by atoms with Crippen molar-refractivity contribution in [2.24, 2.45) is 10.7 Å². The molecule has 14 nitrogen and oxygen atoms in total. The topological polar surface area (TPSA) is 188 Å². The number of fused-ring (bicyclic) bond motifs is 1. The lowest BCUT2D eigenvalue weighted by Crippen LogP contribution is -2.41. The number of nitrogens with two attached hydrogens (primary N) is 1. The predicted molar refractivity (Wildman–Crippen MR) is 176 cm³/mol. The summed E-state index contributed by atoms with van der Waals surface area (Å²) in [6.45, 7) is 0.931. The Morgan fingerprint density at radius 3 is 2.68 bits per heavy atom. The molecule has 240 valence electrons. The molecule has 47 heavy (non-hydrogen) atoms. The van der Waals surface area contributed by atoms with E-state index in [0.717, 1.165) is 5.69 Å². The number of likely N-dealkylation sites (N-methyl/N-ethyl adjacent to an activating group) is 1. The fraction of sp³-hybridized carbons (Fsp3) is 0.219. The first kappa shape index (κ1) is 32.8. The molecule has 1 aliphatic rings. The van der Waals surface area contributed by atoms with E-state index in [1.165, 1.54) is 12.4 Å². The minimum absolute atomic E-state index is 0.0314. The van der Waals surface area contributed by atoms with E-state index >= 15 is 0 Å². The molecule has 15 heteroatoms. The molecule has 4 aromatic rings. The van der Waals surface area contributed by atoms with Gasteiger partial charge in [0.1, 0.15) is 31.0 Å². The van der Waals surface area contributed by atoms with Crippen LogP contribution in [0, 0.1) is 10.1 Å². The number of carbonyl (C=O) groups excluding carboxylic acids is 2. The number of primary amides is 1. The Bertz CT molecular complexity index is 1940. The van der Waals surface area contributed by atoms with Crippen LogP contribution < -0.4 is 15.8 Å². The first-order valence-electron chi connectivity index (χ1n) is 14.4. The number of benzene rings is 1. The van der Waals surface area contributed by atoms with Crippen molar-refractivity contribution in [1.82, 2.24) is 19.9 Å². The number of pyridine rings is 2. The third-order valence-electron chi connectivity index (χ3n) is 7.15. The lowest BCUT2D eigenvalue weighted by molar-refractivity contribution is -0.880. The fourth-order valence-electron chi connectivity index (χ4n) is 4.92. The molecule has 0 unspecified atom stereocenters. The van der Waals surface area contributed by atoms with Crippen LogP contribution >= 0.6 is 11.6 Å². The summed E-state index contributed by atoms with van der Waals surface area (Å²) in [6.07, 6.45) is 7.95. The highest BCUT2D eigenvalue weighted by molar-refractivity contribution is 6.39. The number of carbonyl (C=O) groups is 2. The van der Waals surface area contributed by atoms with Crippen LogP contribution in [0.1, 0.15) is 17.8 Å². The maximum absolute atomic E-state index is 12.8. The maximum Gasteiger partial charge on any atom is 0.369 e. The smallest absolute Gasteiger partial charge is 0.369 e. The second-order valence-corrected chi connectivity index (χ2v) is 11.8. The molecule has 3 aromatic heterocycles. The second kappa shape index (κ2) is 14.2. The molecular weight excluding hydrogens is 626 g/mol. The van der Waals surface area contributed by atoms with Gasteiger partial charge in [0.2, 0.25) is 5.71 Å². The third-order valence-corrected chi connectivity index (χ3v) is 7.44. The highest BCUT2D eigenvalue weighted by Crippen LogP contribution is 2.31. The van der Waals surface area contributed by atoms with E-state index < -0.39 is 10.8 Å². The van der Waals surface area contributed by atoms with Crippen molar-refractivity contribution >= 4 is 51.4 Å². The second-order valence-electron chi connectivity index (χ2n) is 11.4. The van der Waals surface area contributed by atoms with Crippen molar-refractivity contribution in [3.05, 3.63) is 111 Å². The standard InChI is InChI=1S/C32H30ClN9O5/c1-42(2,17-20-12-27(30(34)44)40-32(20)41(45)46)11-5-7-24(43)13-23-14-25-28(16-36-23)37-19-38-31(25)39-21-8-9-29(26(33)15-21)47-18-22-6-3-4-10-35-22/h3-10,14-16,19H,11-13,17-18H2,1-2H3,(H2-,34,37,38,39,44)/p+1/b7-5+. The summed E-state index contributed by atoms with van der Waals surface area (Å²) < 4.78 is 6.10. The minimum Gasteiger partial charge on any atom is -0.486 e. The van der Waals surface area contributed by atoms with Crippen molar-refractivity contribution in [1.29, 1.82) is 0 Å². The molecule has 0 saturated heterocycles. The largest absolute Gasteiger partial charge is 0.486 e. The van der Waals surface area contributed by atoms with Crippen molar-refractivity contribution in [3.63, 3.8) is 0 Å². The van der Waals surface area contributed by atoms with Crippen molar-refractivity contribution in [2.75, 3.05) is 32.5 Å². The predicted octanol–water partition coefficient (Wildman–Crippen LogP) is 3.96. The van der Waals surface area contributed by atoms with Gasteiger partial charge < -0.3 is 30.4 Å². The number of ether oxygens (including phenoxy) is 1. The molecule has 0 spiro atoms. The summed E-state index contributed by atoms with van der Waals surface area (Å²) in [5.74, 6) is -0.289. The van der Waals surface area contributed by atoms with Crippen LogP contribution in [0.4, 0.5) is 11.5 Å². The zero-order valence-corrected chi connectivity index (χ0v) is 26.3. The number of nitrogens with zero attached hydrogens (tertiary/aromatic N) is 7. The summed E-state index contributed by atoms with van der Waals surface area (Å²) in [5.41, 5.74) is 8.22. The van der Waals surface area contributed by atoms with Gasteiger partial charge >= 0.3 is 5.82 Å². The molecule has 5 rings (SSSR count). The molecule has 1 aromatic carbocycles. The Hall–Kier alpha value is -5.60. The van der Waals surface area contributed by atoms with E-state index in [1.807, 2.05) is 38.4 Å². The van der Waals surface area contributed by atoms with Crippen LogP contribution in [-0.2, 0) is 22.6 Å². The normalized spacial score (nSPS) is 13.2.